The Morgan fingerprint density at radius 3 is 2.05 bits per heavy atom. The number of para-hydroxylation sites is 2. The van der Waals surface area contributed by atoms with Crippen LogP contribution in [0.2, 0.25) is 0 Å². The van der Waals surface area contributed by atoms with Crippen LogP contribution in [-0.2, 0) is 0 Å². The van der Waals surface area contributed by atoms with Gasteiger partial charge >= 0.3 is 0 Å². The number of aliphatic hydroxyl groups is 1. The lowest BCUT2D eigenvalue weighted by molar-refractivity contribution is 0.0631. The van der Waals surface area contributed by atoms with Gasteiger partial charge in [0.05, 0.1) is 11.8 Å². The van der Waals surface area contributed by atoms with Gasteiger partial charge in [-0.2, -0.15) is 0 Å². The molecule has 0 saturated carbocycles. The predicted molar refractivity (Wildman–Crippen MR) is 92.6 cm³/mol. The highest BCUT2D eigenvalue weighted by Crippen LogP contribution is 2.39. The topological polar surface area (TPSA) is 23.5 Å². The van der Waals surface area contributed by atoms with Crippen molar-refractivity contribution in [3.63, 3.8) is 0 Å². The van der Waals surface area contributed by atoms with Crippen molar-refractivity contribution in [2.24, 2.45) is 5.41 Å². The number of rotatable bonds is 3. The second kappa shape index (κ2) is 6.12. The van der Waals surface area contributed by atoms with Gasteiger partial charge in [-0.05, 0) is 23.6 Å². The van der Waals surface area contributed by atoms with Crippen molar-refractivity contribution in [1.29, 1.82) is 0 Å². The molecule has 1 N–H and O–H groups in total. The zero-order valence-corrected chi connectivity index (χ0v) is 13.9. The summed E-state index contributed by atoms with van der Waals surface area (Å²) in [5.74, 6) is 0. The van der Waals surface area contributed by atoms with E-state index in [0.29, 0.717) is 0 Å². The first-order valence-corrected chi connectivity index (χ1v) is 7.56. The van der Waals surface area contributed by atoms with E-state index >= 15 is 0 Å². The van der Waals surface area contributed by atoms with Gasteiger partial charge in [0.1, 0.15) is 0 Å². The third kappa shape index (κ3) is 3.42. The van der Waals surface area contributed by atoms with Crippen LogP contribution in [-0.4, -0.2) is 12.2 Å². The van der Waals surface area contributed by atoms with Crippen molar-refractivity contribution in [1.82, 2.24) is 0 Å². The van der Waals surface area contributed by atoms with Gasteiger partial charge in [0.2, 0.25) is 0 Å². The van der Waals surface area contributed by atoms with Gasteiger partial charge in [-0.15, -0.1) is 12.6 Å². The molecule has 3 heteroatoms. The highest BCUT2D eigenvalue weighted by molar-refractivity contribution is 7.80. The highest BCUT2D eigenvalue weighted by Gasteiger charge is 2.27. The molecule has 112 valence electrons. The predicted octanol–water partition coefficient (Wildman–Crippen LogP) is 4.82. The molecule has 0 amide bonds. The Kier molecular flexibility index (Phi) is 4.64. The van der Waals surface area contributed by atoms with Crippen molar-refractivity contribution in [3.8, 4) is 0 Å². The summed E-state index contributed by atoms with van der Waals surface area (Å²) in [6, 6.07) is 15.9. The van der Waals surface area contributed by atoms with Crippen LogP contribution in [0.3, 0.4) is 0 Å². The molecule has 0 heterocycles. The first kappa shape index (κ1) is 15.9. The molecule has 21 heavy (non-hydrogen) atoms. The summed E-state index contributed by atoms with van der Waals surface area (Å²) >= 11 is 4.53. The molecule has 0 radical (unpaired) electrons. The van der Waals surface area contributed by atoms with E-state index in [1.807, 2.05) is 76.3 Å². The van der Waals surface area contributed by atoms with Crippen molar-refractivity contribution in [2.75, 3.05) is 11.9 Å². The summed E-state index contributed by atoms with van der Waals surface area (Å²) < 4.78 is 0. The van der Waals surface area contributed by atoms with E-state index in [1.54, 1.807) is 0 Å². The van der Waals surface area contributed by atoms with Crippen LogP contribution >= 0.6 is 12.6 Å². The quantitative estimate of drug-likeness (QED) is 0.794. The maximum Gasteiger partial charge on any atom is 0.0858 e. The first-order valence-electron chi connectivity index (χ1n) is 7.11. The fraction of sp³-hybridized carbons (Fsp3) is 0.333. The van der Waals surface area contributed by atoms with Crippen LogP contribution in [0.25, 0.3) is 0 Å². The van der Waals surface area contributed by atoms with E-state index in [0.717, 1.165) is 21.8 Å². The second-order valence-corrected chi connectivity index (χ2v) is 6.86. The molecule has 0 bridgehead atoms. The fourth-order valence-corrected chi connectivity index (χ4v) is 2.68. The van der Waals surface area contributed by atoms with Crippen molar-refractivity contribution in [3.05, 3.63) is 54.1 Å². The molecule has 2 nitrogen and oxygen atoms in total. The molecule has 2 aromatic carbocycles. The molecule has 0 fully saturated rings. The summed E-state index contributed by atoms with van der Waals surface area (Å²) in [6.07, 6.45) is -0.525. The Bertz CT molecular complexity index is 619. The van der Waals surface area contributed by atoms with Gasteiger partial charge in [0, 0.05) is 23.2 Å². The largest absolute Gasteiger partial charge is 0.388 e. The number of hydrogen-bond donors (Lipinski definition) is 2. The zero-order valence-electron chi connectivity index (χ0n) is 13.0. The fourth-order valence-electron chi connectivity index (χ4n) is 2.37. The van der Waals surface area contributed by atoms with Crippen molar-refractivity contribution < 1.29 is 5.11 Å². The molecular weight excluding hydrogens is 278 g/mol. The molecule has 1 atom stereocenters. The Morgan fingerprint density at radius 2 is 1.48 bits per heavy atom. The maximum absolute atomic E-state index is 10.7. The number of benzene rings is 2. The SMILES string of the molecule is CN(c1ccccc1S)c1ccccc1C(O)C(C)(C)C. The average Bonchev–Trinajstić information content (AvgIpc) is 2.45. The van der Waals surface area contributed by atoms with Gasteiger partial charge in [-0.25, -0.2) is 0 Å². The van der Waals surface area contributed by atoms with Crippen molar-refractivity contribution in [2.45, 2.75) is 31.8 Å². The summed E-state index contributed by atoms with van der Waals surface area (Å²) in [5, 5.41) is 10.7. The Hall–Kier alpha value is -1.45. The van der Waals surface area contributed by atoms with Crippen LogP contribution < -0.4 is 4.90 Å². The molecular formula is C18H23NOS. The number of thiol groups is 1. The minimum absolute atomic E-state index is 0.211. The van der Waals surface area contributed by atoms with Crippen LogP contribution in [0.1, 0.15) is 32.4 Å². The summed E-state index contributed by atoms with van der Waals surface area (Å²) in [5.41, 5.74) is 2.75. The van der Waals surface area contributed by atoms with Gasteiger partial charge in [0.25, 0.3) is 0 Å². The van der Waals surface area contributed by atoms with Crippen LogP contribution in [0.4, 0.5) is 11.4 Å². The van der Waals surface area contributed by atoms with E-state index in [2.05, 4.69) is 17.5 Å². The molecule has 2 rings (SSSR count). The zero-order chi connectivity index (χ0) is 15.6. The van der Waals surface area contributed by atoms with E-state index in [9.17, 15) is 5.11 Å². The summed E-state index contributed by atoms with van der Waals surface area (Å²) in [7, 11) is 2.00. The molecule has 0 spiro atoms. The normalized spacial score (nSPS) is 13.0. The Balaban J connectivity index is 2.48. The number of aliphatic hydroxyl groups excluding tert-OH is 1. The van der Waals surface area contributed by atoms with Crippen molar-refractivity contribution >= 4 is 24.0 Å². The second-order valence-electron chi connectivity index (χ2n) is 6.38. The molecule has 0 aliphatic heterocycles. The van der Waals surface area contributed by atoms with Gasteiger partial charge < -0.3 is 10.0 Å². The molecule has 2 aromatic rings. The third-order valence-electron chi connectivity index (χ3n) is 3.66. The van der Waals surface area contributed by atoms with Gasteiger partial charge in [-0.1, -0.05) is 51.1 Å². The molecule has 0 aromatic heterocycles. The third-order valence-corrected chi connectivity index (χ3v) is 4.03. The molecule has 0 aliphatic rings. The lowest BCUT2D eigenvalue weighted by atomic mass is 9.84. The number of hydrogen-bond acceptors (Lipinski definition) is 3. The summed E-state index contributed by atoms with van der Waals surface area (Å²) in [6.45, 7) is 6.13. The minimum Gasteiger partial charge on any atom is -0.388 e. The monoisotopic (exact) mass is 301 g/mol. The lowest BCUT2D eigenvalue weighted by Crippen LogP contribution is -2.21. The highest BCUT2D eigenvalue weighted by atomic mass is 32.1. The van der Waals surface area contributed by atoms with E-state index in [4.69, 9.17) is 0 Å². The van der Waals surface area contributed by atoms with E-state index in [1.165, 1.54) is 0 Å². The number of anilines is 2. The Labute approximate surface area is 132 Å². The standard InChI is InChI=1S/C18H23NOS/c1-18(2,3)17(20)13-9-5-6-10-14(13)19(4)15-11-7-8-12-16(15)21/h5-12,17,20-21H,1-4H3. The lowest BCUT2D eigenvalue weighted by Gasteiger charge is -2.31. The first-order chi connectivity index (χ1) is 9.82. The minimum atomic E-state index is -0.525. The average molecular weight is 301 g/mol. The van der Waals surface area contributed by atoms with Crippen LogP contribution in [0.5, 0.6) is 0 Å². The van der Waals surface area contributed by atoms with E-state index in [-0.39, 0.29) is 5.41 Å². The molecule has 0 saturated heterocycles. The van der Waals surface area contributed by atoms with E-state index < -0.39 is 6.10 Å². The Morgan fingerprint density at radius 1 is 0.952 bits per heavy atom. The van der Waals surface area contributed by atoms with Gasteiger partial charge in [0.15, 0.2) is 0 Å². The molecule has 1 unspecified atom stereocenters. The smallest absolute Gasteiger partial charge is 0.0858 e. The molecule has 0 aliphatic carbocycles. The van der Waals surface area contributed by atoms with Crippen LogP contribution in [0.15, 0.2) is 53.4 Å². The maximum atomic E-state index is 10.7. The van der Waals surface area contributed by atoms with Gasteiger partial charge in [-0.3, -0.25) is 0 Å². The number of nitrogens with zero attached hydrogens (tertiary/aromatic N) is 1. The van der Waals surface area contributed by atoms with Crippen LogP contribution in [0, 0.1) is 5.41 Å². The summed E-state index contributed by atoms with van der Waals surface area (Å²) in [4.78, 5) is 2.99.